The van der Waals surface area contributed by atoms with Gasteiger partial charge in [-0.3, -0.25) is 0 Å². The second kappa shape index (κ2) is 5.19. The average molecular weight is 362 g/mol. The molecule has 0 bridgehead atoms. The van der Waals surface area contributed by atoms with Crippen molar-refractivity contribution < 1.29 is 23.2 Å². The maximum absolute atomic E-state index is 2.53. The topological polar surface area (TPSA) is 0 Å². The third kappa shape index (κ3) is 2.18. The van der Waals surface area contributed by atoms with Crippen molar-refractivity contribution in [2.45, 2.75) is 75.5 Å². The molecule has 0 amide bonds. The van der Waals surface area contributed by atoms with Gasteiger partial charge in [-0.2, -0.15) is 0 Å². The van der Waals surface area contributed by atoms with Crippen molar-refractivity contribution in [3.8, 4) is 0 Å². The number of rotatable bonds is 2. The van der Waals surface area contributed by atoms with E-state index in [1.807, 2.05) is 0 Å². The first-order chi connectivity index (χ1) is 9.48. The van der Waals surface area contributed by atoms with Crippen LogP contribution in [0.3, 0.4) is 0 Å². The minimum atomic E-state index is -0.729. The molecule has 2 aliphatic carbocycles. The van der Waals surface area contributed by atoms with Gasteiger partial charge in [0, 0.05) is 0 Å². The fourth-order valence-electron chi connectivity index (χ4n) is 4.06. The summed E-state index contributed by atoms with van der Waals surface area (Å²) in [5.74, 6) is 0. The van der Waals surface area contributed by atoms with Crippen LogP contribution in [0.5, 0.6) is 0 Å². The van der Waals surface area contributed by atoms with Crippen molar-refractivity contribution in [2.24, 2.45) is 0 Å². The summed E-state index contributed by atoms with van der Waals surface area (Å²) in [5, 5.41) is 0. The average Bonchev–Trinajstić information content (AvgIpc) is 2.67. The Labute approximate surface area is 143 Å². The van der Waals surface area contributed by atoms with E-state index >= 15 is 0 Å². The van der Waals surface area contributed by atoms with Crippen LogP contribution in [-0.2, 0) is 23.2 Å². The summed E-state index contributed by atoms with van der Waals surface area (Å²) in [7, 11) is 0. The monoisotopic (exact) mass is 360 g/mol. The zero-order chi connectivity index (χ0) is 16.3. The fraction of sp³-hybridized carbons (Fsp3) is 0.600. The molecule has 0 atom stereocenters. The quantitative estimate of drug-likeness (QED) is 0.507. The van der Waals surface area contributed by atoms with Crippen molar-refractivity contribution in [1.82, 2.24) is 0 Å². The van der Waals surface area contributed by atoms with Gasteiger partial charge in [0.05, 0.1) is 0 Å². The molecule has 0 unspecified atom stereocenters. The van der Waals surface area contributed by atoms with E-state index in [0.29, 0.717) is 6.25 Å². The molecular formula is C20H30Zr. The van der Waals surface area contributed by atoms with Gasteiger partial charge in [-0.05, 0) is 0 Å². The first-order valence-electron chi connectivity index (χ1n) is 8.00. The Bertz CT molecular complexity index is 531. The predicted molar refractivity (Wildman–Crippen MR) is 90.2 cm³/mol. The normalized spacial score (nSPS) is 24.7. The predicted octanol–water partition coefficient (Wildman–Crippen LogP) is 6.80. The molecule has 21 heavy (non-hydrogen) atoms. The Hall–Kier alpha value is -0.157. The molecule has 0 aliphatic heterocycles. The summed E-state index contributed by atoms with van der Waals surface area (Å²) < 4.78 is 0.749. The second-order valence-corrected chi connectivity index (χ2v) is 12.9. The van der Waals surface area contributed by atoms with Crippen molar-refractivity contribution in [3.63, 3.8) is 0 Å². The summed E-state index contributed by atoms with van der Waals surface area (Å²) in [6, 6.07) is 0. The van der Waals surface area contributed by atoms with E-state index in [4.69, 9.17) is 0 Å². The van der Waals surface area contributed by atoms with Crippen molar-refractivity contribution in [2.75, 3.05) is 0 Å². The van der Waals surface area contributed by atoms with Crippen molar-refractivity contribution in [3.05, 3.63) is 44.6 Å². The molecule has 0 saturated heterocycles. The Balaban J connectivity index is 2.54. The molecule has 0 nitrogen and oxygen atoms in total. The summed E-state index contributed by atoms with van der Waals surface area (Å²) in [4.78, 5) is 0. The van der Waals surface area contributed by atoms with Crippen LogP contribution in [0.25, 0.3) is 0 Å². The summed E-state index contributed by atoms with van der Waals surface area (Å²) in [6.45, 7) is 23.8. The SMILES string of the molecule is CC1=C(C)[C](C)([Zr][C]2(C)C(C)=C(C)C(C)=C2C)C(C)=C1C. The molecule has 0 spiro atoms. The molecule has 2 aliphatic rings. The van der Waals surface area contributed by atoms with Gasteiger partial charge in [0.25, 0.3) is 0 Å². The third-order valence-corrected chi connectivity index (χ3v) is 13.0. The molecule has 114 valence electrons. The van der Waals surface area contributed by atoms with E-state index < -0.39 is 23.2 Å². The number of hydrogen-bond acceptors (Lipinski definition) is 0. The summed E-state index contributed by atoms with van der Waals surface area (Å²) in [5.41, 5.74) is 12.8. The van der Waals surface area contributed by atoms with Gasteiger partial charge in [0.1, 0.15) is 0 Å². The van der Waals surface area contributed by atoms with Crippen LogP contribution < -0.4 is 0 Å². The minimum absolute atomic E-state index is 0.375. The van der Waals surface area contributed by atoms with Gasteiger partial charge in [-0.15, -0.1) is 0 Å². The number of allylic oxidation sites excluding steroid dienone is 8. The Morgan fingerprint density at radius 1 is 0.476 bits per heavy atom. The summed E-state index contributed by atoms with van der Waals surface area (Å²) >= 11 is -0.729. The van der Waals surface area contributed by atoms with Gasteiger partial charge in [-0.25, -0.2) is 0 Å². The molecule has 2 rings (SSSR count). The van der Waals surface area contributed by atoms with Crippen LogP contribution in [0.15, 0.2) is 44.6 Å². The van der Waals surface area contributed by atoms with E-state index in [0.717, 1.165) is 0 Å². The van der Waals surface area contributed by atoms with Crippen LogP contribution >= 0.6 is 0 Å². The standard InChI is InChI=1S/2C10H15.Zr/c2*1-6-7(2)9(4)10(5)8(6)3;/h2*1-5H3;. The van der Waals surface area contributed by atoms with Gasteiger partial charge >= 0.3 is 143 Å². The first kappa shape index (κ1) is 17.2. The molecule has 0 radical (unpaired) electrons. The molecule has 0 aromatic heterocycles. The zero-order valence-corrected chi connectivity index (χ0v) is 18.0. The molecule has 0 fully saturated rings. The Morgan fingerprint density at radius 3 is 0.857 bits per heavy atom. The van der Waals surface area contributed by atoms with Crippen molar-refractivity contribution >= 4 is 0 Å². The summed E-state index contributed by atoms with van der Waals surface area (Å²) in [6.07, 6.45) is 0. The van der Waals surface area contributed by atoms with Gasteiger partial charge < -0.3 is 0 Å². The maximum atomic E-state index is 2.53. The van der Waals surface area contributed by atoms with Crippen LogP contribution in [-0.4, -0.2) is 0 Å². The molecule has 0 aromatic rings. The fourth-order valence-corrected chi connectivity index (χ4v) is 10.2. The number of hydrogen-bond donors (Lipinski definition) is 0. The van der Waals surface area contributed by atoms with Crippen LogP contribution in [0.2, 0.25) is 6.25 Å². The van der Waals surface area contributed by atoms with E-state index in [9.17, 15) is 0 Å². The van der Waals surface area contributed by atoms with Crippen LogP contribution in [0.1, 0.15) is 69.2 Å². The Kier molecular flexibility index (Phi) is 4.25. The third-order valence-electron chi connectivity index (χ3n) is 6.88. The molecule has 0 heterocycles. The molecule has 1 heteroatoms. The van der Waals surface area contributed by atoms with E-state index in [2.05, 4.69) is 69.2 Å². The van der Waals surface area contributed by atoms with Gasteiger partial charge in [0.2, 0.25) is 0 Å². The van der Waals surface area contributed by atoms with E-state index in [-0.39, 0.29) is 0 Å². The van der Waals surface area contributed by atoms with Gasteiger partial charge in [0.15, 0.2) is 0 Å². The first-order valence-corrected chi connectivity index (χ1v) is 10.5. The van der Waals surface area contributed by atoms with Gasteiger partial charge in [-0.1, -0.05) is 0 Å². The van der Waals surface area contributed by atoms with Crippen molar-refractivity contribution in [1.29, 1.82) is 0 Å². The molecule has 0 N–H and O–H groups in total. The van der Waals surface area contributed by atoms with E-state index in [1.54, 1.807) is 44.6 Å². The molecule has 0 aromatic carbocycles. The molecule has 0 saturated carbocycles. The Morgan fingerprint density at radius 2 is 0.667 bits per heavy atom. The molecular weight excluding hydrogens is 331 g/mol. The second-order valence-electron chi connectivity index (χ2n) is 7.38. The van der Waals surface area contributed by atoms with E-state index in [1.165, 1.54) is 0 Å². The van der Waals surface area contributed by atoms with Crippen LogP contribution in [0, 0.1) is 0 Å². The zero-order valence-electron chi connectivity index (χ0n) is 15.5. The van der Waals surface area contributed by atoms with Crippen LogP contribution in [0.4, 0.5) is 0 Å².